The average Bonchev–Trinajstić information content (AvgIpc) is 2.57. The first kappa shape index (κ1) is 24.5. The fourth-order valence-electron chi connectivity index (χ4n) is 5.68. The fourth-order valence-corrected chi connectivity index (χ4v) is 8.51. The molecule has 0 saturated heterocycles. The van der Waals surface area contributed by atoms with E-state index in [9.17, 15) is 31.3 Å². The normalized spacial score (nSPS) is 31.4. The molecule has 4 saturated carbocycles. The first-order valence-electron chi connectivity index (χ1n) is 9.60. The molecule has 7 nitrogen and oxygen atoms in total. The number of ether oxygens (including phenoxy) is 2. The number of benzene rings is 1. The van der Waals surface area contributed by atoms with Crippen molar-refractivity contribution in [2.24, 2.45) is 11.8 Å². The second-order valence-corrected chi connectivity index (χ2v) is 12.9. The third kappa shape index (κ3) is 4.27. The molecule has 0 spiro atoms. The van der Waals surface area contributed by atoms with Crippen LogP contribution >= 0.6 is 47.8 Å². The molecule has 1 aromatic carbocycles. The van der Waals surface area contributed by atoms with Gasteiger partial charge >= 0.3 is 17.2 Å². The molecule has 13 heteroatoms. The zero-order chi connectivity index (χ0) is 23.7. The Kier molecular flexibility index (Phi) is 6.09. The molecule has 5 rings (SSSR count). The third-order valence-corrected chi connectivity index (χ3v) is 8.84. The quantitative estimate of drug-likeness (QED) is 0.325. The zero-order valence-electron chi connectivity index (χ0n) is 16.2. The molecule has 0 amide bonds. The highest BCUT2D eigenvalue weighted by Gasteiger charge is 2.63. The molecule has 4 aliphatic rings. The van der Waals surface area contributed by atoms with Crippen LogP contribution in [0.3, 0.4) is 0 Å². The first-order valence-corrected chi connectivity index (χ1v) is 13.4. The largest absolute Gasteiger partial charge is 0.743 e. The van der Waals surface area contributed by atoms with Crippen LogP contribution in [0.4, 0.5) is 8.78 Å². The Labute approximate surface area is 207 Å². The highest BCUT2D eigenvalue weighted by Crippen LogP contribution is 2.60. The molecule has 0 aliphatic heterocycles. The molecular formula is C19H16Br3F2O7S-. The monoisotopic (exact) mass is 663 g/mol. The molecule has 4 bridgehead atoms. The van der Waals surface area contributed by atoms with Crippen LogP contribution in [0, 0.1) is 11.8 Å². The van der Waals surface area contributed by atoms with Crippen LogP contribution < -0.4 is 0 Å². The number of hydrogen-bond donors (Lipinski definition) is 0. The molecule has 0 aromatic heterocycles. The lowest BCUT2D eigenvalue weighted by Gasteiger charge is -2.60. The number of rotatable bonds is 5. The minimum atomic E-state index is -6.23. The van der Waals surface area contributed by atoms with Gasteiger partial charge in [-0.05, 0) is 87.9 Å². The van der Waals surface area contributed by atoms with Crippen molar-refractivity contribution in [3.63, 3.8) is 0 Å². The van der Waals surface area contributed by atoms with E-state index in [1.807, 2.05) is 0 Å². The van der Waals surface area contributed by atoms with Gasteiger partial charge in [0.25, 0.3) is 0 Å². The van der Waals surface area contributed by atoms with E-state index < -0.39 is 38.5 Å². The summed E-state index contributed by atoms with van der Waals surface area (Å²) in [6.07, 6.45) is 2.18. The lowest BCUT2D eigenvalue weighted by Crippen LogP contribution is -2.62. The van der Waals surface area contributed by atoms with Crippen LogP contribution in [-0.4, -0.2) is 41.4 Å². The van der Waals surface area contributed by atoms with E-state index >= 15 is 0 Å². The Morgan fingerprint density at radius 3 is 1.94 bits per heavy atom. The summed E-state index contributed by atoms with van der Waals surface area (Å²) in [6, 6.07) is 3.35. The first-order chi connectivity index (χ1) is 14.7. The third-order valence-electron chi connectivity index (χ3n) is 6.33. The van der Waals surface area contributed by atoms with Crippen molar-refractivity contribution in [2.45, 2.75) is 55.0 Å². The Morgan fingerprint density at radius 1 is 1.00 bits per heavy atom. The van der Waals surface area contributed by atoms with Crippen LogP contribution in [0.25, 0.3) is 0 Å². The van der Waals surface area contributed by atoms with Gasteiger partial charge in [0.05, 0.1) is 5.56 Å². The van der Waals surface area contributed by atoms with Gasteiger partial charge in [0.15, 0.2) is 10.1 Å². The predicted octanol–water partition coefficient (Wildman–Crippen LogP) is 4.90. The van der Waals surface area contributed by atoms with E-state index in [1.54, 1.807) is 12.1 Å². The minimum Gasteiger partial charge on any atom is -0.743 e. The summed E-state index contributed by atoms with van der Waals surface area (Å²) < 4.78 is 72.7. The maximum atomic E-state index is 13.8. The van der Waals surface area contributed by atoms with Gasteiger partial charge in [-0.15, -0.1) is 0 Å². The summed E-state index contributed by atoms with van der Waals surface area (Å²) in [5.74, 6) is -3.11. The second kappa shape index (κ2) is 7.96. The molecule has 0 radical (unpaired) electrons. The number of carbonyl (C=O) groups is 2. The standard InChI is InChI=1S/C19H17Br3F2O7S/c20-11-2-12(21)14(13(22)3-11)15(25)30-17-4-9-1-10(5-17)7-18(6-9,8-17)31-16(26)19(23,24)32(27,28)29/h2-3,9-10H,1,4-8H2,(H,27,28,29)/p-1. The Hall–Kier alpha value is -0.630. The molecule has 0 heterocycles. The van der Waals surface area contributed by atoms with Crippen molar-refractivity contribution in [2.75, 3.05) is 0 Å². The smallest absolute Gasteiger partial charge is 0.428 e. The maximum Gasteiger partial charge on any atom is 0.428 e. The lowest BCUT2D eigenvalue weighted by atomic mass is 9.52. The van der Waals surface area contributed by atoms with Crippen molar-refractivity contribution in [1.82, 2.24) is 0 Å². The van der Waals surface area contributed by atoms with Crippen molar-refractivity contribution in [3.05, 3.63) is 31.1 Å². The van der Waals surface area contributed by atoms with Gasteiger partial charge in [0.2, 0.25) is 0 Å². The second-order valence-electron chi connectivity index (χ2n) is 8.82. The highest BCUT2D eigenvalue weighted by molar-refractivity contribution is 9.11. The van der Waals surface area contributed by atoms with Crippen molar-refractivity contribution < 1.29 is 40.8 Å². The van der Waals surface area contributed by atoms with Crippen molar-refractivity contribution >= 4 is 69.8 Å². The molecular weight excluding hydrogens is 650 g/mol. The van der Waals surface area contributed by atoms with E-state index in [4.69, 9.17) is 9.47 Å². The van der Waals surface area contributed by atoms with E-state index in [0.29, 0.717) is 21.8 Å². The van der Waals surface area contributed by atoms with Crippen LogP contribution in [0.5, 0.6) is 0 Å². The van der Waals surface area contributed by atoms with E-state index in [1.165, 1.54) is 0 Å². The number of hydrogen-bond acceptors (Lipinski definition) is 7. The Balaban J connectivity index is 1.60. The van der Waals surface area contributed by atoms with Crippen LogP contribution in [0.15, 0.2) is 25.6 Å². The topological polar surface area (TPSA) is 110 Å². The van der Waals surface area contributed by atoms with Crippen molar-refractivity contribution in [3.8, 4) is 0 Å². The molecule has 32 heavy (non-hydrogen) atoms. The van der Waals surface area contributed by atoms with Gasteiger partial charge in [-0.3, -0.25) is 0 Å². The number of alkyl halides is 2. The summed E-state index contributed by atoms with van der Waals surface area (Å²) >= 11 is 9.99. The highest BCUT2D eigenvalue weighted by atomic mass is 79.9. The van der Waals surface area contributed by atoms with Gasteiger partial charge in [-0.2, -0.15) is 8.78 Å². The van der Waals surface area contributed by atoms with E-state index in [-0.39, 0.29) is 36.7 Å². The van der Waals surface area contributed by atoms with Crippen LogP contribution in [-0.2, 0) is 24.4 Å². The summed E-state index contributed by atoms with van der Waals surface area (Å²) in [7, 11) is -6.23. The van der Waals surface area contributed by atoms with Crippen molar-refractivity contribution in [1.29, 1.82) is 0 Å². The van der Waals surface area contributed by atoms with Crippen LogP contribution in [0.2, 0.25) is 0 Å². The summed E-state index contributed by atoms with van der Waals surface area (Å²) in [4.78, 5) is 25.0. The molecule has 2 atom stereocenters. The van der Waals surface area contributed by atoms with E-state index in [2.05, 4.69) is 47.8 Å². The SMILES string of the molecule is O=C(OC12CC3CC(C1)CC(OC(=O)C(F)(F)S(=O)(=O)[O-])(C3)C2)c1c(Br)cc(Br)cc1Br. The minimum absolute atomic E-state index is 0.0365. The molecule has 0 N–H and O–H groups in total. The number of esters is 2. The summed E-state index contributed by atoms with van der Waals surface area (Å²) in [5, 5.41) is -5.19. The lowest BCUT2D eigenvalue weighted by molar-refractivity contribution is -0.228. The summed E-state index contributed by atoms with van der Waals surface area (Å²) in [6.45, 7) is 0. The molecule has 2 unspecified atom stereocenters. The molecule has 1 aromatic rings. The summed E-state index contributed by atoms with van der Waals surface area (Å²) in [5.41, 5.74) is -2.21. The maximum absolute atomic E-state index is 13.8. The van der Waals surface area contributed by atoms with Gasteiger partial charge in [-0.1, -0.05) is 15.9 Å². The van der Waals surface area contributed by atoms with Gasteiger partial charge in [0, 0.05) is 19.8 Å². The zero-order valence-corrected chi connectivity index (χ0v) is 21.8. The molecule has 176 valence electrons. The fraction of sp³-hybridized carbons (Fsp3) is 0.579. The van der Waals surface area contributed by atoms with Gasteiger partial charge < -0.3 is 14.0 Å². The molecule has 4 aliphatic carbocycles. The van der Waals surface area contributed by atoms with E-state index in [0.717, 1.165) is 10.9 Å². The Bertz CT molecular complexity index is 1070. The number of carbonyl (C=O) groups excluding carboxylic acids is 2. The van der Waals surface area contributed by atoms with Crippen LogP contribution in [0.1, 0.15) is 48.9 Å². The average molecular weight is 666 g/mol. The number of halogens is 5. The van der Waals surface area contributed by atoms with Gasteiger partial charge in [-0.25, -0.2) is 18.0 Å². The predicted molar refractivity (Wildman–Crippen MR) is 116 cm³/mol. The van der Waals surface area contributed by atoms with Gasteiger partial charge in [0.1, 0.15) is 11.2 Å². The Morgan fingerprint density at radius 2 is 1.47 bits per heavy atom. The molecule has 4 fully saturated rings.